The van der Waals surface area contributed by atoms with Crippen LogP contribution in [0.15, 0.2) is 42.0 Å². The maximum absolute atomic E-state index is 12.5. The molecule has 2 N–H and O–H groups in total. The van der Waals surface area contributed by atoms with Gasteiger partial charge in [-0.3, -0.25) is 4.79 Å². The van der Waals surface area contributed by atoms with Gasteiger partial charge in [-0.15, -0.1) is 0 Å². The Bertz CT molecular complexity index is 791. The maximum Gasteiger partial charge on any atom is 0.407 e. The fraction of sp³-hybridized carbons (Fsp3) is 0.542. The minimum Gasteiger partial charge on any atom is -0.463 e. The molecule has 0 spiro atoms. The lowest BCUT2D eigenvalue weighted by atomic mass is 9.87. The van der Waals surface area contributed by atoms with E-state index in [1.807, 2.05) is 44.2 Å². The summed E-state index contributed by atoms with van der Waals surface area (Å²) in [7, 11) is 0. The van der Waals surface area contributed by atoms with Crippen LogP contribution in [0.1, 0.15) is 52.5 Å². The quantitative estimate of drug-likeness (QED) is 0.535. The molecule has 0 saturated carbocycles. The Labute approximate surface area is 189 Å². The van der Waals surface area contributed by atoms with Gasteiger partial charge in [-0.05, 0) is 31.4 Å². The molecular formula is C24H34N2O6. The molecule has 1 aromatic carbocycles. The number of benzene rings is 1. The molecular weight excluding hydrogens is 412 g/mol. The van der Waals surface area contributed by atoms with Gasteiger partial charge in [0.15, 0.2) is 0 Å². The number of amides is 2. The Hall–Kier alpha value is -2.87. The smallest absolute Gasteiger partial charge is 0.407 e. The minimum absolute atomic E-state index is 0.0558. The summed E-state index contributed by atoms with van der Waals surface area (Å²) in [6.45, 7) is 7.51. The number of esters is 1. The van der Waals surface area contributed by atoms with Crippen LogP contribution in [-0.2, 0) is 30.4 Å². The number of nitrogens with one attached hydrogen (secondary N) is 2. The molecule has 2 amide bonds. The van der Waals surface area contributed by atoms with Crippen molar-refractivity contribution in [3.05, 3.63) is 47.5 Å². The first-order chi connectivity index (χ1) is 15.4. The van der Waals surface area contributed by atoms with Crippen LogP contribution in [0.2, 0.25) is 0 Å². The van der Waals surface area contributed by atoms with E-state index in [9.17, 15) is 14.4 Å². The van der Waals surface area contributed by atoms with Crippen molar-refractivity contribution in [2.75, 3.05) is 6.61 Å². The zero-order chi connectivity index (χ0) is 23.5. The number of rotatable bonds is 10. The summed E-state index contributed by atoms with van der Waals surface area (Å²) < 4.78 is 16.7. The summed E-state index contributed by atoms with van der Waals surface area (Å²) in [5.74, 6) is -0.720. The van der Waals surface area contributed by atoms with E-state index < -0.39 is 30.3 Å². The van der Waals surface area contributed by atoms with Crippen LogP contribution >= 0.6 is 0 Å². The third kappa shape index (κ3) is 7.67. The molecule has 0 saturated heterocycles. The molecule has 1 aliphatic rings. The molecule has 176 valence electrons. The molecule has 1 aromatic rings. The fourth-order valence-electron chi connectivity index (χ4n) is 3.64. The lowest BCUT2D eigenvalue weighted by Gasteiger charge is -2.38. The first kappa shape index (κ1) is 25.4. The summed E-state index contributed by atoms with van der Waals surface area (Å²) in [6.07, 6.45) is 2.15. The molecule has 2 rings (SSSR count). The van der Waals surface area contributed by atoms with Gasteiger partial charge in [0, 0.05) is 18.9 Å². The first-order valence-corrected chi connectivity index (χ1v) is 11.1. The van der Waals surface area contributed by atoms with Crippen molar-refractivity contribution in [1.29, 1.82) is 0 Å². The Balaban J connectivity index is 2.21. The highest BCUT2D eigenvalue weighted by Gasteiger charge is 2.38. The van der Waals surface area contributed by atoms with Gasteiger partial charge in [0.05, 0.1) is 30.9 Å². The molecule has 32 heavy (non-hydrogen) atoms. The first-order valence-electron chi connectivity index (χ1n) is 11.1. The number of carbonyl (C=O) groups is 3. The number of hydrogen-bond acceptors (Lipinski definition) is 6. The Morgan fingerprint density at radius 3 is 2.31 bits per heavy atom. The van der Waals surface area contributed by atoms with Crippen LogP contribution in [-0.4, -0.2) is 48.9 Å². The third-order valence-electron chi connectivity index (χ3n) is 5.28. The Kier molecular flexibility index (Phi) is 10.2. The van der Waals surface area contributed by atoms with Crippen LogP contribution in [0.4, 0.5) is 4.79 Å². The van der Waals surface area contributed by atoms with E-state index in [-0.39, 0.29) is 31.6 Å². The van der Waals surface area contributed by atoms with Gasteiger partial charge >= 0.3 is 12.1 Å². The van der Waals surface area contributed by atoms with Gasteiger partial charge in [0.1, 0.15) is 6.61 Å². The van der Waals surface area contributed by atoms with Crippen molar-refractivity contribution in [1.82, 2.24) is 10.6 Å². The average molecular weight is 447 g/mol. The average Bonchev–Trinajstić information content (AvgIpc) is 2.78. The van der Waals surface area contributed by atoms with Crippen LogP contribution in [0.25, 0.3) is 0 Å². The van der Waals surface area contributed by atoms with Crippen molar-refractivity contribution < 1.29 is 28.6 Å². The monoisotopic (exact) mass is 446 g/mol. The van der Waals surface area contributed by atoms with Gasteiger partial charge in [0.2, 0.25) is 5.91 Å². The summed E-state index contributed by atoms with van der Waals surface area (Å²) in [4.78, 5) is 36.9. The van der Waals surface area contributed by atoms with Crippen molar-refractivity contribution in [3.63, 3.8) is 0 Å². The summed E-state index contributed by atoms with van der Waals surface area (Å²) in [5, 5.41) is 5.68. The van der Waals surface area contributed by atoms with Gasteiger partial charge in [-0.1, -0.05) is 44.2 Å². The predicted molar refractivity (Wildman–Crippen MR) is 120 cm³/mol. The van der Waals surface area contributed by atoms with E-state index in [1.165, 1.54) is 6.92 Å². The highest BCUT2D eigenvalue weighted by Crippen LogP contribution is 2.25. The highest BCUT2D eigenvalue weighted by molar-refractivity contribution is 5.89. The fourth-order valence-corrected chi connectivity index (χ4v) is 3.64. The number of hydrogen-bond donors (Lipinski definition) is 2. The van der Waals surface area contributed by atoms with Crippen molar-refractivity contribution in [3.8, 4) is 0 Å². The highest BCUT2D eigenvalue weighted by atomic mass is 16.5. The molecule has 0 aliphatic heterocycles. The summed E-state index contributed by atoms with van der Waals surface area (Å²) in [5.41, 5.74) is 1.25. The zero-order valence-corrected chi connectivity index (χ0v) is 19.3. The number of alkyl carbamates (subject to hydrolysis) is 1. The van der Waals surface area contributed by atoms with Crippen LogP contribution in [0.5, 0.6) is 0 Å². The van der Waals surface area contributed by atoms with Gasteiger partial charge < -0.3 is 24.8 Å². The second-order valence-electron chi connectivity index (χ2n) is 7.69. The Morgan fingerprint density at radius 2 is 1.72 bits per heavy atom. The van der Waals surface area contributed by atoms with E-state index in [0.717, 1.165) is 18.4 Å². The topological polar surface area (TPSA) is 103 Å². The predicted octanol–water partition coefficient (Wildman–Crippen LogP) is 3.25. The molecule has 0 heterocycles. The van der Waals surface area contributed by atoms with E-state index >= 15 is 0 Å². The van der Waals surface area contributed by atoms with Crippen molar-refractivity contribution in [2.24, 2.45) is 0 Å². The molecule has 8 heteroatoms. The normalized spacial score (nSPS) is 20.3. The van der Waals surface area contributed by atoms with Crippen molar-refractivity contribution >= 4 is 18.0 Å². The molecule has 0 radical (unpaired) electrons. The van der Waals surface area contributed by atoms with Crippen LogP contribution < -0.4 is 10.6 Å². The molecule has 1 aliphatic carbocycles. The van der Waals surface area contributed by atoms with Gasteiger partial charge in [0.25, 0.3) is 0 Å². The van der Waals surface area contributed by atoms with E-state index in [0.29, 0.717) is 5.57 Å². The molecule has 3 atom stereocenters. The second kappa shape index (κ2) is 12.9. The largest absolute Gasteiger partial charge is 0.463 e. The van der Waals surface area contributed by atoms with Crippen molar-refractivity contribution in [2.45, 2.75) is 77.9 Å². The SMILES string of the molecule is CCOC(=O)C1=CC(OC(CC)CC)C(NC(C)=O)C(NC(=O)OCc2ccccc2)C1. The van der Waals surface area contributed by atoms with E-state index in [4.69, 9.17) is 14.2 Å². The number of carbonyl (C=O) groups excluding carboxylic acids is 3. The summed E-state index contributed by atoms with van der Waals surface area (Å²) in [6, 6.07) is 8.15. The third-order valence-corrected chi connectivity index (χ3v) is 5.28. The molecule has 8 nitrogen and oxygen atoms in total. The van der Waals surface area contributed by atoms with Gasteiger partial charge in [-0.25, -0.2) is 9.59 Å². The van der Waals surface area contributed by atoms with Crippen LogP contribution in [0, 0.1) is 0 Å². The van der Waals surface area contributed by atoms with Gasteiger partial charge in [-0.2, -0.15) is 0 Å². The summed E-state index contributed by atoms with van der Waals surface area (Å²) >= 11 is 0. The van der Waals surface area contributed by atoms with E-state index in [2.05, 4.69) is 10.6 Å². The number of ether oxygens (including phenoxy) is 3. The second-order valence-corrected chi connectivity index (χ2v) is 7.69. The molecule has 3 unspecified atom stereocenters. The molecule has 0 fully saturated rings. The lowest BCUT2D eigenvalue weighted by Crippen LogP contribution is -2.59. The standard InChI is InChI=1S/C24H34N2O6/c1-5-19(6-2)32-21-14-18(23(28)30-7-3)13-20(22(21)25-16(4)27)26-24(29)31-15-17-11-9-8-10-12-17/h8-12,14,19-22H,5-7,13,15H2,1-4H3,(H,25,27)(H,26,29). The van der Waals surface area contributed by atoms with E-state index in [1.54, 1.807) is 13.0 Å². The Morgan fingerprint density at radius 1 is 1.03 bits per heavy atom. The lowest BCUT2D eigenvalue weighted by molar-refractivity contribution is -0.139. The molecule has 0 bridgehead atoms. The maximum atomic E-state index is 12.5. The minimum atomic E-state index is -0.638. The van der Waals surface area contributed by atoms with Crippen LogP contribution in [0.3, 0.4) is 0 Å². The zero-order valence-electron chi connectivity index (χ0n) is 19.3. The molecule has 0 aromatic heterocycles.